The molecule has 0 aliphatic carbocycles. The van der Waals surface area contributed by atoms with Crippen LogP contribution in [0.25, 0.3) is 21.9 Å². The number of fused-ring (bicyclic) bond motifs is 3. The van der Waals surface area contributed by atoms with Gasteiger partial charge in [0.15, 0.2) is 0 Å². The van der Waals surface area contributed by atoms with Gasteiger partial charge >= 0.3 is 11.8 Å². The van der Waals surface area contributed by atoms with E-state index >= 15 is 0 Å². The highest BCUT2D eigenvalue weighted by Gasteiger charge is 2.16. The van der Waals surface area contributed by atoms with Gasteiger partial charge in [0.25, 0.3) is 0 Å². The maximum absolute atomic E-state index is 12.6. The quantitative estimate of drug-likeness (QED) is 0.219. The first-order valence-electron chi connectivity index (χ1n) is 10.8. The van der Waals surface area contributed by atoms with Crippen LogP contribution >= 0.6 is 0 Å². The van der Waals surface area contributed by atoms with Crippen LogP contribution in [0.2, 0.25) is 0 Å². The number of hydrogen-bond donors (Lipinski definition) is 3. The van der Waals surface area contributed by atoms with E-state index in [1.54, 1.807) is 25.1 Å². The number of nitrogens with zero attached hydrogens (tertiary/aromatic N) is 1. The first-order valence-corrected chi connectivity index (χ1v) is 10.8. The third kappa shape index (κ3) is 5.30. The van der Waals surface area contributed by atoms with Crippen LogP contribution in [0.1, 0.15) is 18.9 Å². The molecule has 4 aromatic rings. The lowest BCUT2D eigenvalue weighted by molar-refractivity contribution is -0.136. The van der Waals surface area contributed by atoms with Crippen molar-refractivity contribution >= 4 is 56.7 Å². The summed E-state index contributed by atoms with van der Waals surface area (Å²) in [5.41, 5.74) is 5.62. The first kappa shape index (κ1) is 23.5. The van der Waals surface area contributed by atoms with Crippen LogP contribution in [0.15, 0.2) is 70.2 Å². The lowest BCUT2D eigenvalue weighted by Crippen LogP contribution is -2.33. The highest BCUT2D eigenvalue weighted by atomic mass is 16.5. The minimum absolute atomic E-state index is 0.110. The highest BCUT2D eigenvalue weighted by Crippen LogP contribution is 2.36. The average Bonchev–Trinajstić information content (AvgIpc) is 3.20. The number of anilines is 2. The minimum atomic E-state index is -0.940. The Balaban J connectivity index is 1.39. The Morgan fingerprint density at radius 2 is 1.63 bits per heavy atom. The van der Waals surface area contributed by atoms with Crippen molar-refractivity contribution in [1.29, 1.82) is 0 Å². The number of carbonyl (C=O) groups is 3. The summed E-state index contributed by atoms with van der Waals surface area (Å²) in [6.45, 7) is 3.38. The van der Waals surface area contributed by atoms with Gasteiger partial charge in [0.2, 0.25) is 5.91 Å². The molecule has 0 unspecified atom stereocenters. The summed E-state index contributed by atoms with van der Waals surface area (Å²) >= 11 is 0. The predicted molar refractivity (Wildman–Crippen MR) is 135 cm³/mol. The molecule has 0 aliphatic heterocycles. The van der Waals surface area contributed by atoms with Gasteiger partial charge in [0.1, 0.15) is 16.9 Å². The number of amides is 3. The molecule has 9 nitrogen and oxygen atoms in total. The van der Waals surface area contributed by atoms with Crippen LogP contribution in [0, 0.1) is 6.92 Å². The molecule has 3 aromatic carbocycles. The smallest absolute Gasteiger partial charge is 0.329 e. The summed E-state index contributed by atoms with van der Waals surface area (Å²) in [4.78, 5) is 36.7. The molecule has 0 atom stereocenters. The van der Waals surface area contributed by atoms with Crippen LogP contribution in [0.3, 0.4) is 0 Å². The van der Waals surface area contributed by atoms with Gasteiger partial charge in [0.05, 0.1) is 19.2 Å². The van der Waals surface area contributed by atoms with E-state index in [1.165, 1.54) is 7.11 Å². The normalized spacial score (nSPS) is 11.3. The fraction of sp³-hybridized carbons (Fsp3) is 0.154. The maximum atomic E-state index is 12.6. The zero-order chi connectivity index (χ0) is 24.9. The molecule has 3 N–H and O–H groups in total. The number of furan rings is 1. The second-order valence-electron chi connectivity index (χ2n) is 7.93. The molecular formula is C26H24N4O5. The van der Waals surface area contributed by atoms with Gasteiger partial charge < -0.3 is 19.8 Å². The standard InChI is InChI=1S/C26H24N4O5/c1-15-8-4-6-10-19(15)28-25(32)26(33)30-29-16(2)12-24(31)27-20-14-22-18(13-23(20)34-3)17-9-5-7-11-21(17)35-22/h4-11,13-14H,12H2,1-3H3,(H,27,31)(H,28,32)(H,30,33)/b29-16+. The third-order valence-electron chi connectivity index (χ3n) is 5.34. The lowest BCUT2D eigenvalue weighted by Gasteiger charge is -2.10. The van der Waals surface area contributed by atoms with Gasteiger partial charge in [-0.3, -0.25) is 14.4 Å². The lowest BCUT2D eigenvalue weighted by atomic mass is 10.1. The van der Waals surface area contributed by atoms with Crippen molar-refractivity contribution in [3.63, 3.8) is 0 Å². The number of ether oxygens (including phenoxy) is 1. The minimum Gasteiger partial charge on any atom is -0.495 e. The summed E-state index contributed by atoms with van der Waals surface area (Å²) in [5.74, 6) is -1.69. The molecule has 0 radical (unpaired) electrons. The average molecular weight is 473 g/mol. The number of nitrogens with one attached hydrogen (secondary N) is 3. The largest absolute Gasteiger partial charge is 0.495 e. The van der Waals surface area contributed by atoms with Crippen LogP contribution in [-0.2, 0) is 14.4 Å². The van der Waals surface area contributed by atoms with E-state index in [0.29, 0.717) is 28.4 Å². The topological polar surface area (TPSA) is 122 Å². The number of benzene rings is 3. The number of hydrogen-bond acceptors (Lipinski definition) is 6. The van der Waals surface area contributed by atoms with Gasteiger partial charge in [0, 0.05) is 28.2 Å². The monoisotopic (exact) mass is 472 g/mol. The van der Waals surface area contributed by atoms with Gasteiger partial charge in [-0.15, -0.1) is 0 Å². The van der Waals surface area contributed by atoms with E-state index < -0.39 is 11.8 Å². The van der Waals surface area contributed by atoms with Gasteiger partial charge in [-0.2, -0.15) is 5.10 Å². The summed E-state index contributed by atoms with van der Waals surface area (Å²) in [6, 6.07) is 18.2. The van der Waals surface area contributed by atoms with E-state index in [2.05, 4.69) is 21.2 Å². The first-order chi connectivity index (χ1) is 16.9. The zero-order valence-electron chi connectivity index (χ0n) is 19.5. The molecule has 1 heterocycles. The number of rotatable bonds is 6. The Morgan fingerprint density at radius 1 is 0.886 bits per heavy atom. The maximum Gasteiger partial charge on any atom is 0.329 e. The molecule has 0 saturated heterocycles. The molecule has 178 valence electrons. The Morgan fingerprint density at radius 3 is 2.40 bits per heavy atom. The molecule has 0 spiro atoms. The Kier molecular flexibility index (Phi) is 6.77. The Labute approximate surface area is 201 Å². The second kappa shape index (κ2) is 10.1. The predicted octanol–water partition coefficient (Wildman–Crippen LogP) is 4.36. The number of carbonyl (C=O) groups excluding carboxylic acids is 3. The van der Waals surface area contributed by atoms with E-state index in [1.807, 2.05) is 49.4 Å². The molecule has 0 fully saturated rings. The summed E-state index contributed by atoms with van der Waals surface area (Å²) in [7, 11) is 1.52. The van der Waals surface area contributed by atoms with Crippen molar-refractivity contribution < 1.29 is 23.5 Å². The van der Waals surface area contributed by atoms with Crippen LogP contribution < -0.4 is 20.8 Å². The van der Waals surface area contributed by atoms with Crippen molar-refractivity contribution in [2.24, 2.45) is 5.10 Å². The van der Waals surface area contributed by atoms with Crippen LogP contribution in [0.5, 0.6) is 5.75 Å². The van der Waals surface area contributed by atoms with Gasteiger partial charge in [-0.25, -0.2) is 5.43 Å². The summed E-state index contributed by atoms with van der Waals surface area (Å²) in [5, 5.41) is 11.0. The highest BCUT2D eigenvalue weighted by molar-refractivity contribution is 6.39. The molecule has 9 heteroatoms. The van der Waals surface area contributed by atoms with E-state index in [9.17, 15) is 14.4 Å². The fourth-order valence-corrected chi connectivity index (χ4v) is 3.57. The van der Waals surface area contributed by atoms with Crippen molar-refractivity contribution in [1.82, 2.24) is 5.43 Å². The van der Waals surface area contributed by atoms with E-state index in [0.717, 1.165) is 21.9 Å². The number of hydrazone groups is 1. The van der Waals surface area contributed by atoms with Crippen molar-refractivity contribution in [2.75, 3.05) is 17.7 Å². The molecule has 0 aliphatic rings. The Bertz CT molecular complexity index is 1470. The van der Waals surface area contributed by atoms with Crippen molar-refractivity contribution in [3.8, 4) is 5.75 Å². The number of methoxy groups -OCH3 is 1. The number of aryl methyl sites for hydroxylation is 1. The van der Waals surface area contributed by atoms with Crippen LogP contribution in [0.4, 0.5) is 11.4 Å². The number of para-hydroxylation sites is 2. The van der Waals surface area contributed by atoms with Crippen molar-refractivity contribution in [2.45, 2.75) is 20.3 Å². The van der Waals surface area contributed by atoms with Crippen LogP contribution in [-0.4, -0.2) is 30.5 Å². The van der Waals surface area contributed by atoms with Gasteiger partial charge in [-0.1, -0.05) is 36.4 Å². The molecule has 0 bridgehead atoms. The summed E-state index contributed by atoms with van der Waals surface area (Å²) < 4.78 is 11.3. The van der Waals surface area contributed by atoms with Gasteiger partial charge in [-0.05, 0) is 37.6 Å². The molecule has 35 heavy (non-hydrogen) atoms. The van der Waals surface area contributed by atoms with E-state index in [4.69, 9.17) is 9.15 Å². The zero-order valence-corrected chi connectivity index (χ0v) is 19.5. The molecule has 1 aromatic heterocycles. The third-order valence-corrected chi connectivity index (χ3v) is 5.34. The van der Waals surface area contributed by atoms with Crippen molar-refractivity contribution in [3.05, 3.63) is 66.2 Å². The molecule has 3 amide bonds. The molecular weight excluding hydrogens is 448 g/mol. The Hall–Kier alpha value is -4.66. The fourth-order valence-electron chi connectivity index (χ4n) is 3.57. The second-order valence-corrected chi connectivity index (χ2v) is 7.93. The molecule has 4 rings (SSSR count). The SMILES string of the molecule is COc1cc2c(cc1NC(=O)C/C(C)=N/NC(=O)C(=O)Nc1ccccc1C)oc1ccccc12. The molecule has 0 saturated carbocycles. The van der Waals surface area contributed by atoms with E-state index in [-0.39, 0.29) is 12.3 Å². The summed E-state index contributed by atoms with van der Waals surface area (Å²) in [6.07, 6.45) is -0.110.